The van der Waals surface area contributed by atoms with Gasteiger partial charge in [-0.15, -0.1) is 0 Å². The van der Waals surface area contributed by atoms with Gasteiger partial charge in [0.1, 0.15) is 92.0 Å². The van der Waals surface area contributed by atoms with E-state index in [0.717, 1.165) is 0 Å². The Bertz CT molecular complexity index is 4220. The van der Waals surface area contributed by atoms with Gasteiger partial charge in [-0.1, -0.05) is 94.1 Å². The number of unbranched alkanes of at least 4 members (excludes halogenated alkanes) is 8. The molecule has 8 aromatic rings. The van der Waals surface area contributed by atoms with Crippen LogP contribution in [0.1, 0.15) is 247 Å². The fourth-order valence-corrected chi connectivity index (χ4v) is 21.0. The van der Waals surface area contributed by atoms with Crippen LogP contribution in [0.2, 0.25) is 0 Å². The summed E-state index contributed by atoms with van der Waals surface area (Å²) in [6, 6.07) is 25.3. The van der Waals surface area contributed by atoms with E-state index in [2.05, 4.69) is 0 Å². The second-order valence-electron chi connectivity index (χ2n) is 33.3. The van der Waals surface area contributed by atoms with Crippen LogP contribution >= 0.6 is 94.1 Å². The Hall–Kier alpha value is -9.28. The highest BCUT2D eigenvalue weighted by Gasteiger charge is 2.29. The Morgan fingerprint density at radius 1 is 0.176 bits per heavy atom. The fourth-order valence-electron chi connectivity index (χ4n) is 15.9. The van der Waals surface area contributed by atoms with Gasteiger partial charge in [-0.25, -0.2) is 0 Å². The van der Waals surface area contributed by atoms with Gasteiger partial charge in [0, 0.05) is 242 Å². The Morgan fingerprint density at radius 2 is 0.265 bits per heavy atom. The third kappa shape index (κ3) is 38.5. The lowest BCUT2D eigenvalue weighted by atomic mass is 9.90. The number of thioether (sulfide) groups is 8. The van der Waals surface area contributed by atoms with Crippen molar-refractivity contribution < 1.29 is 117 Å². The largest absolute Gasteiger partial charge is 0.508 e. The molecule has 0 heterocycles. The van der Waals surface area contributed by atoms with E-state index in [1.54, 1.807) is 97.1 Å². The average molecular weight is 2020 g/mol. The summed E-state index contributed by atoms with van der Waals surface area (Å²) in [6.07, 6.45) is 8.29. The lowest BCUT2D eigenvalue weighted by Crippen LogP contribution is -2.11. The minimum Gasteiger partial charge on any atom is -0.508 e. The van der Waals surface area contributed by atoms with Gasteiger partial charge < -0.3 is 78.7 Å². The Labute approximate surface area is 832 Å². The van der Waals surface area contributed by atoms with Crippen molar-refractivity contribution in [2.24, 2.45) is 0 Å². The molecule has 8 aromatic carbocycles. The number of ether oxygens (including phenoxy) is 8. The number of aromatic hydroxyl groups is 8. The normalized spacial score (nSPS) is 12.1. The number of carbonyl (C=O) groups is 8. The summed E-state index contributed by atoms with van der Waals surface area (Å²) in [4.78, 5) is 97.9. The summed E-state index contributed by atoms with van der Waals surface area (Å²) in [5.74, 6) is 5.52. The van der Waals surface area contributed by atoms with E-state index in [4.69, 9.17) is 37.9 Å². The van der Waals surface area contributed by atoms with E-state index in [0.29, 0.717) is 284 Å². The molecule has 0 saturated heterocycles. The van der Waals surface area contributed by atoms with E-state index >= 15 is 0 Å². The molecule has 136 heavy (non-hydrogen) atoms. The maximum absolute atomic E-state index is 12.3. The summed E-state index contributed by atoms with van der Waals surface area (Å²) in [5.41, 5.74) is 7.18. The smallest absolute Gasteiger partial charge is 0.185 e. The van der Waals surface area contributed by atoms with E-state index < -0.39 is 0 Å². The molecule has 0 fully saturated rings. The van der Waals surface area contributed by atoms with Gasteiger partial charge in [0.2, 0.25) is 0 Å². The highest BCUT2D eigenvalue weighted by Crippen LogP contribution is 2.47. The van der Waals surface area contributed by atoms with E-state index in [1.807, 2.05) is 0 Å². The molecule has 9 rings (SSSR count). The zero-order valence-corrected chi connectivity index (χ0v) is 85.4. The molecule has 0 atom stereocenters. The van der Waals surface area contributed by atoms with Gasteiger partial charge in [0.15, 0.2) is 40.9 Å². The highest BCUT2D eigenvalue weighted by molar-refractivity contribution is 8.15. The Kier molecular flexibility index (Phi) is 47.5. The standard InChI is InChI=1S/C104H128O24S8/c1-65(105)129-33-17-9-25-121-97-73-41-75-51-90(114)53-77(98(75)122-26-10-18-34-130-66(2)106)43-79-55-92(116)57-81(100(79)124-28-12-20-36-132-68(4)108)45-83-59-94(118)61-85(102(83)126-30-14-22-38-134-70(6)110)47-87-63-96(120)64-88(104(87)128-32-16-24-40-136-72(8)112)48-86-62-95(119)60-84(103(86)127-31-15-23-39-135-71(7)111)46-82-58-93(117)56-80(101(82)125-29-13-21-37-133-69(5)109)44-78-54-91(115)52-76(42-74(97)50-89(113)49-73)99(78)123-27-11-19-35-131-67(3)107/h49-64,113-120H,9-48H2,1-8H3. The molecule has 32 heteroatoms. The average Bonchev–Trinajstić information content (AvgIpc) is 0.757. The van der Waals surface area contributed by atoms with Gasteiger partial charge in [-0.05, 0) is 200 Å². The third-order valence-electron chi connectivity index (χ3n) is 21.6. The Balaban J connectivity index is 1.37. The lowest BCUT2D eigenvalue weighted by molar-refractivity contribution is -0.109. The predicted octanol–water partition coefficient (Wildman–Crippen LogP) is 21.9. The van der Waals surface area contributed by atoms with Crippen LogP contribution in [0, 0.1) is 0 Å². The number of phenolic OH excluding ortho intramolecular Hbond substituents is 8. The minimum absolute atomic E-state index is 0.0346. The molecule has 0 spiro atoms. The van der Waals surface area contributed by atoms with Gasteiger partial charge in [-0.2, -0.15) is 0 Å². The van der Waals surface area contributed by atoms with Crippen molar-refractivity contribution in [3.05, 3.63) is 186 Å². The zero-order chi connectivity index (χ0) is 98.0. The predicted molar refractivity (Wildman–Crippen MR) is 550 cm³/mol. The van der Waals surface area contributed by atoms with Gasteiger partial charge in [-0.3, -0.25) is 38.4 Å². The van der Waals surface area contributed by atoms with Crippen molar-refractivity contribution >= 4 is 135 Å². The van der Waals surface area contributed by atoms with Crippen molar-refractivity contribution in [3.8, 4) is 92.0 Å². The van der Waals surface area contributed by atoms with Crippen LogP contribution < -0.4 is 37.9 Å². The molecule has 8 N–H and O–H groups in total. The summed E-state index contributed by atoms with van der Waals surface area (Å²) < 4.78 is 56.0. The maximum Gasteiger partial charge on any atom is 0.185 e. The molecule has 24 nitrogen and oxygen atoms in total. The molecule has 1 aliphatic carbocycles. The molecule has 0 unspecified atom stereocenters. The quantitative estimate of drug-likeness (QED) is 0.0164. The lowest BCUT2D eigenvalue weighted by Gasteiger charge is -2.23. The fraction of sp³-hybridized carbons (Fsp3) is 0.462. The molecule has 0 radical (unpaired) electrons. The first kappa shape index (κ1) is 110. The number of rotatable bonds is 48. The number of fused-ring (bicyclic) bond motifs is 16. The second kappa shape index (κ2) is 58.6. The van der Waals surface area contributed by atoms with Crippen LogP contribution in [0.4, 0.5) is 0 Å². The summed E-state index contributed by atoms with van der Waals surface area (Å²) in [7, 11) is 0. The molecule has 1 aliphatic rings. The van der Waals surface area contributed by atoms with Gasteiger partial charge >= 0.3 is 0 Å². The molecule has 0 saturated carbocycles. The topological polar surface area (TPSA) is 372 Å². The van der Waals surface area contributed by atoms with Crippen LogP contribution in [0.3, 0.4) is 0 Å². The molecular formula is C104H128O24S8. The monoisotopic (exact) mass is 2020 g/mol. The zero-order valence-electron chi connectivity index (χ0n) is 78.9. The van der Waals surface area contributed by atoms with Crippen molar-refractivity contribution in [2.45, 2.75) is 209 Å². The number of hydrogen-bond donors (Lipinski definition) is 8. The summed E-state index contributed by atoms with van der Waals surface area (Å²) >= 11 is 9.60. The number of phenols is 8. The van der Waals surface area contributed by atoms with E-state index in [9.17, 15) is 79.2 Å². The molecule has 736 valence electrons. The van der Waals surface area contributed by atoms with Crippen molar-refractivity contribution in [2.75, 3.05) is 98.9 Å². The van der Waals surface area contributed by atoms with Gasteiger partial charge in [0.05, 0.1) is 52.9 Å². The second-order valence-corrected chi connectivity index (χ2v) is 43.5. The first-order valence-corrected chi connectivity index (χ1v) is 54.1. The molecule has 16 bridgehead atoms. The Morgan fingerprint density at radius 3 is 0.346 bits per heavy atom. The van der Waals surface area contributed by atoms with Crippen molar-refractivity contribution in [1.29, 1.82) is 0 Å². The first-order valence-electron chi connectivity index (χ1n) is 46.2. The molecule has 0 aliphatic heterocycles. The van der Waals surface area contributed by atoms with Crippen LogP contribution in [-0.4, -0.2) is 181 Å². The molecule has 0 aromatic heterocycles. The van der Waals surface area contributed by atoms with E-state index in [-0.39, 0.29) is 191 Å². The van der Waals surface area contributed by atoms with Crippen LogP contribution in [0.5, 0.6) is 92.0 Å². The summed E-state index contributed by atoms with van der Waals surface area (Å²) in [6.45, 7) is 13.2. The maximum atomic E-state index is 12.3. The SMILES string of the molecule is CC(=O)SCCCCOc1c2cc(O)cc1Cc1cc(O)cc(c1OCCCCSC(C)=O)Cc1cc(O)cc(c1OCCCCSC(C)=O)Cc1cc(O)cc(c1OCCCCSC(C)=O)Cc1cc(O)cc(c1OCCCCSC(C)=O)Cc1cc(O)cc(c1OCCCCSC(C)=O)Cc1cc(O)cc(c1OCCCCSC(C)=O)Cc1cc(O)cc(c1OCCCCSC(C)=O)C2. The minimum atomic E-state index is -0.171. The van der Waals surface area contributed by atoms with E-state index in [1.165, 1.54) is 149 Å². The third-order valence-corrected chi connectivity index (χ3v) is 28.8. The van der Waals surface area contributed by atoms with Crippen molar-refractivity contribution in [3.63, 3.8) is 0 Å². The number of benzene rings is 8. The molecular weight excluding hydrogens is 1890 g/mol. The van der Waals surface area contributed by atoms with Crippen LogP contribution in [-0.2, 0) is 89.7 Å². The summed E-state index contributed by atoms with van der Waals surface area (Å²) in [5, 5.41) is 98.4. The van der Waals surface area contributed by atoms with Crippen molar-refractivity contribution in [1.82, 2.24) is 0 Å². The highest BCUT2D eigenvalue weighted by atomic mass is 32.2. The molecule has 0 amide bonds. The van der Waals surface area contributed by atoms with Crippen LogP contribution in [0.15, 0.2) is 97.1 Å². The van der Waals surface area contributed by atoms with Crippen LogP contribution in [0.25, 0.3) is 0 Å². The first-order chi connectivity index (χ1) is 65.3. The number of hydrogen-bond acceptors (Lipinski definition) is 32. The number of carbonyl (C=O) groups excluding carboxylic acids is 8. The van der Waals surface area contributed by atoms with Gasteiger partial charge in [0.25, 0.3) is 0 Å².